The van der Waals surface area contributed by atoms with Crippen LogP contribution >= 0.6 is 11.6 Å². The van der Waals surface area contributed by atoms with Crippen molar-refractivity contribution in [3.8, 4) is 0 Å². The van der Waals surface area contributed by atoms with Crippen LogP contribution in [0.25, 0.3) is 0 Å². The lowest BCUT2D eigenvalue weighted by Crippen LogP contribution is -2.18. The van der Waals surface area contributed by atoms with Gasteiger partial charge in [0.25, 0.3) is 0 Å². The number of rotatable bonds is 6. The smallest absolute Gasteiger partial charge is 0.324 e. The molecule has 1 unspecified atom stereocenters. The van der Waals surface area contributed by atoms with Crippen LogP contribution in [-0.2, 0) is 16.0 Å². The average Bonchev–Trinajstić information content (AvgIpc) is 2.53. The average molecular weight is 327 g/mol. The summed E-state index contributed by atoms with van der Waals surface area (Å²) in [5.41, 5.74) is 1.73. The third-order valence-corrected chi connectivity index (χ3v) is 4.74. The number of halogens is 2. The van der Waals surface area contributed by atoms with Gasteiger partial charge in [-0.1, -0.05) is 31.4 Å². The SMILES string of the molecule is CCOC(=O)C(Cl)CCc1ccc(C2CCCCC2)c(F)c1. The van der Waals surface area contributed by atoms with Gasteiger partial charge in [0, 0.05) is 0 Å². The van der Waals surface area contributed by atoms with Gasteiger partial charge in [0.15, 0.2) is 0 Å². The molecule has 22 heavy (non-hydrogen) atoms. The van der Waals surface area contributed by atoms with Gasteiger partial charge in [0.1, 0.15) is 11.2 Å². The fourth-order valence-electron chi connectivity index (χ4n) is 3.11. The number of carbonyl (C=O) groups is 1. The van der Waals surface area contributed by atoms with Gasteiger partial charge < -0.3 is 4.74 Å². The van der Waals surface area contributed by atoms with E-state index < -0.39 is 11.3 Å². The third-order valence-electron chi connectivity index (χ3n) is 4.34. The topological polar surface area (TPSA) is 26.3 Å². The zero-order valence-corrected chi connectivity index (χ0v) is 13.9. The molecule has 1 saturated carbocycles. The number of benzene rings is 1. The minimum Gasteiger partial charge on any atom is -0.465 e. The molecule has 2 nitrogen and oxygen atoms in total. The molecule has 0 spiro atoms. The maximum absolute atomic E-state index is 14.3. The quantitative estimate of drug-likeness (QED) is 0.544. The molecule has 1 aromatic rings. The molecule has 0 heterocycles. The second-order valence-electron chi connectivity index (χ2n) is 5.95. The van der Waals surface area contributed by atoms with Gasteiger partial charge in [-0.25, -0.2) is 4.39 Å². The van der Waals surface area contributed by atoms with E-state index in [1.165, 1.54) is 19.3 Å². The Morgan fingerprint density at radius 1 is 1.36 bits per heavy atom. The van der Waals surface area contributed by atoms with Crippen LogP contribution in [-0.4, -0.2) is 18.0 Å². The summed E-state index contributed by atoms with van der Waals surface area (Å²) in [4.78, 5) is 11.5. The largest absolute Gasteiger partial charge is 0.465 e. The molecule has 4 heteroatoms. The first-order valence-corrected chi connectivity index (χ1v) is 8.64. The van der Waals surface area contributed by atoms with E-state index in [4.69, 9.17) is 16.3 Å². The van der Waals surface area contributed by atoms with Crippen LogP contribution in [0.3, 0.4) is 0 Å². The first kappa shape index (κ1) is 17.3. The molecular weight excluding hydrogens is 303 g/mol. The Morgan fingerprint density at radius 3 is 2.73 bits per heavy atom. The van der Waals surface area contributed by atoms with Crippen molar-refractivity contribution in [3.05, 3.63) is 35.1 Å². The fourth-order valence-corrected chi connectivity index (χ4v) is 3.29. The van der Waals surface area contributed by atoms with Crippen molar-refractivity contribution < 1.29 is 13.9 Å². The summed E-state index contributed by atoms with van der Waals surface area (Å²) in [7, 11) is 0. The molecular formula is C18H24ClFO2. The van der Waals surface area contributed by atoms with Crippen LogP contribution < -0.4 is 0 Å². The molecule has 0 N–H and O–H groups in total. The summed E-state index contributed by atoms with van der Waals surface area (Å²) < 4.78 is 19.2. The van der Waals surface area contributed by atoms with Crippen molar-refractivity contribution >= 4 is 17.6 Å². The van der Waals surface area contributed by atoms with E-state index in [0.29, 0.717) is 25.4 Å². The number of aryl methyl sites for hydroxylation is 1. The predicted molar refractivity (Wildman–Crippen MR) is 86.8 cm³/mol. The summed E-state index contributed by atoms with van der Waals surface area (Å²) >= 11 is 5.98. The lowest BCUT2D eigenvalue weighted by molar-refractivity contribution is -0.142. The molecule has 122 valence electrons. The van der Waals surface area contributed by atoms with E-state index in [9.17, 15) is 9.18 Å². The van der Waals surface area contributed by atoms with Crippen molar-refractivity contribution in [2.24, 2.45) is 0 Å². The van der Waals surface area contributed by atoms with Crippen LogP contribution in [0.4, 0.5) is 4.39 Å². The van der Waals surface area contributed by atoms with Gasteiger partial charge in [-0.2, -0.15) is 0 Å². The van der Waals surface area contributed by atoms with Crippen LogP contribution in [0, 0.1) is 5.82 Å². The van der Waals surface area contributed by atoms with Crippen LogP contribution in [0.1, 0.15) is 62.5 Å². The number of alkyl halides is 1. The van der Waals surface area contributed by atoms with Gasteiger partial charge >= 0.3 is 5.97 Å². The molecule has 0 aromatic heterocycles. The Morgan fingerprint density at radius 2 is 2.09 bits per heavy atom. The lowest BCUT2D eigenvalue weighted by Gasteiger charge is -2.22. The molecule has 1 atom stereocenters. The van der Waals surface area contributed by atoms with Crippen LogP contribution in [0.15, 0.2) is 18.2 Å². The zero-order valence-electron chi connectivity index (χ0n) is 13.1. The van der Waals surface area contributed by atoms with E-state index in [1.54, 1.807) is 13.0 Å². The summed E-state index contributed by atoms with van der Waals surface area (Å²) in [6.45, 7) is 2.08. The minimum atomic E-state index is -0.666. The number of ether oxygens (including phenoxy) is 1. The zero-order chi connectivity index (χ0) is 15.9. The summed E-state index contributed by atoms with van der Waals surface area (Å²) in [5, 5.41) is -0.666. The first-order valence-electron chi connectivity index (χ1n) is 8.20. The number of hydrogen-bond donors (Lipinski definition) is 0. The Labute approximate surface area is 137 Å². The highest BCUT2D eigenvalue weighted by Crippen LogP contribution is 2.34. The van der Waals surface area contributed by atoms with Gasteiger partial charge in [-0.05, 0) is 55.7 Å². The molecule has 0 bridgehead atoms. The standard InChI is InChI=1S/C18H24ClFO2/c1-2-22-18(21)16(19)11-9-13-8-10-15(17(20)12-13)14-6-4-3-5-7-14/h8,10,12,14,16H,2-7,9,11H2,1H3. The molecule has 1 aliphatic rings. The lowest BCUT2D eigenvalue weighted by atomic mass is 9.83. The molecule has 0 radical (unpaired) electrons. The van der Waals surface area contributed by atoms with Gasteiger partial charge in [-0.15, -0.1) is 11.6 Å². The van der Waals surface area contributed by atoms with Crippen molar-refractivity contribution in [3.63, 3.8) is 0 Å². The highest BCUT2D eigenvalue weighted by molar-refractivity contribution is 6.29. The molecule has 0 amide bonds. The molecule has 0 aliphatic heterocycles. The molecule has 2 rings (SSSR count). The normalized spacial score (nSPS) is 17.2. The number of esters is 1. The Kier molecular flexibility index (Phi) is 6.69. The van der Waals surface area contributed by atoms with Gasteiger partial charge in [-0.3, -0.25) is 4.79 Å². The van der Waals surface area contributed by atoms with Crippen LogP contribution in [0.2, 0.25) is 0 Å². The second kappa shape index (κ2) is 8.52. The summed E-state index contributed by atoms with van der Waals surface area (Å²) in [6.07, 6.45) is 6.86. The third kappa shape index (κ3) is 4.70. The number of hydrogen-bond acceptors (Lipinski definition) is 2. The Bertz CT molecular complexity index is 498. The van der Waals surface area contributed by atoms with E-state index >= 15 is 0 Å². The van der Waals surface area contributed by atoms with Crippen molar-refractivity contribution in [1.29, 1.82) is 0 Å². The summed E-state index contributed by atoms with van der Waals surface area (Å²) in [5.74, 6) is -0.154. The molecule has 0 saturated heterocycles. The van der Waals surface area contributed by atoms with Crippen LogP contribution in [0.5, 0.6) is 0 Å². The monoisotopic (exact) mass is 326 g/mol. The first-order chi connectivity index (χ1) is 10.6. The maximum Gasteiger partial charge on any atom is 0.324 e. The highest BCUT2D eigenvalue weighted by Gasteiger charge is 2.20. The fraction of sp³-hybridized carbons (Fsp3) is 0.611. The Hall–Kier alpha value is -1.09. The second-order valence-corrected chi connectivity index (χ2v) is 6.48. The van der Waals surface area contributed by atoms with Gasteiger partial charge in [0.05, 0.1) is 6.61 Å². The maximum atomic E-state index is 14.3. The Balaban J connectivity index is 1.93. The van der Waals surface area contributed by atoms with E-state index in [2.05, 4.69) is 0 Å². The minimum absolute atomic E-state index is 0.119. The predicted octanol–water partition coefficient (Wildman–Crippen LogP) is 4.98. The number of carbonyl (C=O) groups excluding carboxylic acids is 1. The molecule has 1 aliphatic carbocycles. The highest BCUT2D eigenvalue weighted by atomic mass is 35.5. The summed E-state index contributed by atoms with van der Waals surface area (Å²) in [6, 6.07) is 5.47. The van der Waals surface area contributed by atoms with Gasteiger partial charge in [0.2, 0.25) is 0 Å². The van der Waals surface area contributed by atoms with Crippen molar-refractivity contribution in [1.82, 2.24) is 0 Å². The van der Waals surface area contributed by atoms with Crippen molar-refractivity contribution in [2.75, 3.05) is 6.61 Å². The van der Waals surface area contributed by atoms with E-state index in [0.717, 1.165) is 24.0 Å². The van der Waals surface area contributed by atoms with Crippen molar-refractivity contribution in [2.45, 2.75) is 63.2 Å². The molecule has 1 aromatic carbocycles. The van der Waals surface area contributed by atoms with E-state index in [1.807, 2.05) is 12.1 Å². The van der Waals surface area contributed by atoms with E-state index in [-0.39, 0.29) is 5.82 Å². The molecule has 1 fully saturated rings.